The molecule has 0 fully saturated rings. The minimum absolute atomic E-state index is 0.0553. The quantitative estimate of drug-likeness (QED) is 0.456. The molecule has 0 aliphatic carbocycles. The van der Waals surface area contributed by atoms with Gasteiger partial charge in [-0.25, -0.2) is 4.39 Å². The highest BCUT2D eigenvalue weighted by Crippen LogP contribution is 2.28. The lowest BCUT2D eigenvalue weighted by Gasteiger charge is -2.11. The van der Waals surface area contributed by atoms with Gasteiger partial charge >= 0.3 is 0 Å². The van der Waals surface area contributed by atoms with E-state index >= 15 is 0 Å². The van der Waals surface area contributed by atoms with Gasteiger partial charge in [0.15, 0.2) is 0 Å². The molecule has 26 heavy (non-hydrogen) atoms. The van der Waals surface area contributed by atoms with Gasteiger partial charge in [-0.05, 0) is 42.3 Å². The molecule has 1 aliphatic heterocycles. The molecule has 0 bridgehead atoms. The summed E-state index contributed by atoms with van der Waals surface area (Å²) in [7, 11) is 0. The van der Waals surface area contributed by atoms with Gasteiger partial charge in [0, 0.05) is 12.1 Å². The van der Waals surface area contributed by atoms with Crippen LogP contribution in [0.3, 0.4) is 0 Å². The third-order valence-electron chi connectivity index (χ3n) is 3.93. The van der Waals surface area contributed by atoms with Crippen molar-refractivity contribution >= 4 is 29.1 Å². The second-order valence-corrected chi connectivity index (χ2v) is 5.80. The van der Waals surface area contributed by atoms with Crippen molar-refractivity contribution in [1.29, 1.82) is 0 Å². The Morgan fingerprint density at radius 1 is 1.15 bits per heavy atom. The Balaban J connectivity index is 1.95. The minimum Gasteiger partial charge on any atom is -0.267 e. The van der Waals surface area contributed by atoms with E-state index in [1.807, 2.05) is 6.92 Å². The summed E-state index contributed by atoms with van der Waals surface area (Å²) in [5.41, 5.74) is 2.18. The molecule has 1 amide bonds. The SMILES string of the molecule is CCCC1=NN(c2ccc([N+](=O)[O-])cc2)C(=O)/C1=C\c1ccc(F)cc1. The van der Waals surface area contributed by atoms with Gasteiger partial charge in [0.2, 0.25) is 0 Å². The molecule has 0 radical (unpaired) electrons. The van der Waals surface area contributed by atoms with Crippen molar-refractivity contribution in [3.05, 3.63) is 75.6 Å². The van der Waals surface area contributed by atoms with Gasteiger partial charge < -0.3 is 0 Å². The average molecular weight is 353 g/mol. The van der Waals surface area contributed by atoms with E-state index in [-0.39, 0.29) is 17.4 Å². The number of carbonyl (C=O) groups excluding carboxylic acids is 1. The predicted molar refractivity (Wildman–Crippen MR) is 97.3 cm³/mol. The van der Waals surface area contributed by atoms with E-state index in [0.717, 1.165) is 6.42 Å². The molecular formula is C19H16FN3O3. The van der Waals surface area contributed by atoms with Crippen LogP contribution in [0.1, 0.15) is 25.3 Å². The number of halogens is 1. The van der Waals surface area contributed by atoms with E-state index in [9.17, 15) is 19.3 Å². The number of amides is 1. The Labute approximate surface area is 149 Å². The summed E-state index contributed by atoms with van der Waals surface area (Å²) in [6, 6.07) is 11.5. The Hall–Kier alpha value is -3.35. The molecule has 7 heteroatoms. The zero-order valence-corrected chi connectivity index (χ0v) is 14.1. The molecular weight excluding hydrogens is 337 g/mol. The van der Waals surface area contributed by atoms with E-state index in [1.54, 1.807) is 18.2 Å². The van der Waals surface area contributed by atoms with E-state index in [1.165, 1.54) is 41.4 Å². The molecule has 2 aromatic rings. The molecule has 0 aromatic heterocycles. The summed E-state index contributed by atoms with van der Waals surface area (Å²) in [6.07, 6.45) is 3.10. The smallest absolute Gasteiger partial charge is 0.267 e. The van der Waals surface area contributed by atoms with Crippen molar-refractivity contribution < 1.29 is 14.1 Å². The van der Waals surface area contributed by atoms with Crippen LogP contribution in [-0.2, 0) is 4.79 Å². The number of nitrogens with zero attached hydrogens (tertiary/aromatic N) is 3. The lowest BCUT2D eigenvalue weighted by molar-refractivity contribution is -0.384. The van der Waals surface area contributed by atoms with Crippen molar-refractivity contribution in [2.75, 3.05) is 5.01 Å². The fourth-order valence-corrected chi connectivity index (χ4v) is 2.64. The third-order valence-corrected chi connectivity index (χ3v) is 3.93. The highest BCUT2D eigenvalue weighted by molar-refractivity contribution is 6.32. The van der Waals surface area contributed by atoms with Crippen LogP contribution in [0.2, 0.25) is 0 Å². The fourth-order valence-electron chi connectivity index (χ4n) is 2.64. The maximum atomic E-state index is 13.1. The molecule has 132 valence electrons. The van der Waals surface area contributed by atoms with Crippen LogP contribution in [-0.4, -0.2) is 16.5 Å². The molecule has 0 atom stereocenters. The third kappa shape index (κ3) is 3.51. The van der Waals surface area contributed by atoms with Crippen molar-refractivity contribution in [3.8, 4) is 0 Å². The molecule has 2 aromatic carbocycles. The molecule has 1 aliphatic rings. The topological polar surface area (TPSA) is 75.8 Å². The molecule has 0 saturated carbocycles. The first kappa shape index (κ1) is 17.5. The predicted octanol–water partition coefficient (Wildman–Crippen LogP) is 4.32. The highest BCUT2D eigenvalue weighted by atomic mass is 19.1. The number of nitro benzene ring substituents is 1. The number of hydrogen-bond acceptors (Lipinski definition) is 4. The lowest BCUT2D eigenvalue weighted by Crippen LogP contribution is -2.21. The number of hydrazone groups is 1. The molecule has 0 spiro atoms. The van der Waals surface area contributed by atoms with Gasteiger partial charge in [-0.15, -0.1) is 0 Å². The number of anilines is 1. The standard InChI is InChI=1S/C19H16FN3O3/c1-2-3-18-17(12-13-4-6-14(20)7-5-13)19(24)22(21-18)15-8-10-16(11-9-15)23(25)26/h4-12H,2-3H2,1H3/b17-12-. The van der Waals surface area contributed by atoms with Crippen LogP contribution in [0.4, 0.5) is 15.8 Å². The highest BCUT2D eigenvalue weighted by Gasteiger charge is 2.30. The minimum atomic E-state index is -0.499. The summed E-state index contributed by atoms with van der Waals surface area (Å²) in [5.74, 6) is -0.661. The monoisotopic (exact) mass is 353 g/mol. The van der Waals surface area contributed by atoms with Crippen LogP contribution < -0.4 is 5.01 Å². The first-order valence-corrected chi connectivity index (χ1v) is 8.13. The molecule has 0 saturated heterocycles. The van der Waals surface area contributed by atoms with Gasteiger partial charge in [-0.1, -0.05) is 25.5 Å². The van der Waals surface area contributed by atoms with Crippen LogP contribution in [0, 0.1) is 15.9 Å². The van der Waals surface area contributed by atoms with E-state index in [2.05, 4.69) is 5.10 Å². The van der Waals surface area contributed by atoms with Gasteiger partial charge in [0.05, 0.1) is 21.9 Å². The summed E-state index contributed by atoms with van der Waals surface area (Å²) < 4.78 is 13.1. The number of non-ortho nitro benzene ring substituents is 1. The Morgan fingerprint density at radius 2 is 1.81 bits per heavy atom. The summed E-state index contributed by atoms with van der Waals surface area (Å²) in [5, 5.41) is 16.4. The van der Waals surface area contributed by atoms with Crippen molar-refractivity contribution in [1.82, 2.24) is 0 Å². The molecule has 3 rings (SSSR count). The van der Waals surface area contributed by atoms with Crippen molar-refractivity contribution in [2.24, 2.45) is 5.10 Å². The maximum absolute atomic E-state index is 13.1. The Kier molecular flexibility index (Phi) is 4.88. The number of hydrogen-bond donors (Lipinski definition) is 0. The Bertz CT molecular complexity index is 903. The maximum Gasteiger partial charge on any atom is 0.280 e. The van der Waals surface area contributed by atoms with Gasteiger partial charge in [0.25, 0.3) is 11.6 Å². The van der Waals surface area contributed by atoms with Gasteiger partial charge in [0.1, 0.15) is 5.82 Å². The number of carbonyl (C=O) groups is 1. The van der Waals surface area contributed by atoms with Gasteiger partial charge in [-0.3, -0.25) is 14.9 Å². The van der Waals surface area contributed by atoms with E-state index in [0.29, 0.717) is 29.0 Å². The van der Waals surface area contributed by atoms with Gasteiger partial charge in [-0.2, -0.15) is 10.1 Å². The van der Waals surface area contributed by atoms with E-state index < -0.39 is 4.92 Å². The first-order valence-electron chi connectivity index (χ1n) is 8.13. The summed E-state index contributed by atoms with van der Waals surface area (Å²) in [6.45, 7) is 1.98. The second kappa shape index (κ2) is 7.26. The normalized spacial score (nSPS) is 15.5. The zero-order chi connectivity index (χ0) is 18.7. The van der Waals surface area contributed by atoms with Crippen molar-refractivity contribution in [2.45, 2.75) is 19.8 Å². The van der Waals surface area contributed by atoms with E-state index in [4.69, 9.17) is 0 Å². The first-order chi connectivity index (χ1) is 12.5. The zero-order valence-electron chi connectivity index (χ0n) is 14.1. The fraction of sp³-hybridized carbons (Fsp3) is 0.158. The van der Waals surface area contributed by atoms with Crippen LogP contribution in [0.25, 0.3) is 6.08 Å². The van der Waals surface area contributed by atoms with Crippen LogP contribution in [0.15, 0.2) is 59.2 Å². The molecule has 6 nitrogen and oxygen atoms in total. The second-order valence-electron chi connectivity index (χ2n) is 5.80. The summed E-state index contributed by atoms with van der Waals surface area (Å²) in [4.78, 5) is 23.1. The number of benzene rings is 2. The Morgan fingerprint density at radius 3 is 2.38 bits per heavy atom. The summed E-state index contributed by atoms with van der Waals surface area (Å²) >= 11 is 0. The molecule has 0 N–H and O–H groups in total. The van der Waals surface area contributed by atoms with Crippen molar-refractivity contribution in [3.63, 3.8) is 0 Å². The largest absolute Gasteiger partial charge is 0.280 e. The molecule has 1 heterocycles. The average Bonchev–Trinajstić information content (AvgIpc) is 2.93. The number of nitro groups is 1. The number of rotatable bonds is 5. The van der Waals surface area contributed by atoms with Crippen LogP contribution >= 0.6 is 0 Å². The van der Waals surface area contributed by atoms with Crippen LogP contribution in [0.5, 0.6) is 0 Å². The lowest BCUT2D eigenvalue weighted by atomic mass is 10.0. The molecule has 0 unspecified atom stereocenters.